The zero-order valence-electron chi connectivity index (χ0n) is 9.90. The molecule has 1 aliphatic rings. The van der Waals surface area contributed by atoms with Gasteiger partial charge in [-0.05, 0) is 25.9 Å². The van der Waals surface area contributed by atoms with E-state index in [4.69, 9.17) is 5.73 Å². The molecule has 0 radical (unpaired) electrons. The first-order valence-corrected chi connectivity index (χ1v) is 5.49. The molecular weight excluding hydrogens is 208 g/mol. The van der Waals surface area contributed by atoms with Crippen molar-refractivity contribution in [3.63, 3.8) is 0 Å². The molecule has 1 rings (SSSR count). The summed E-state index contributed by atoms with van der Waals surface area (Å²) in [6.45, 7) is 1.75. The third-order valence-corrected chi connectivity index (χ3v) is 2.70. The molecule has 0 aliphatic carbocycles. The van der Waals surface area contributed by atoms with E-state index in [1.807, 2.05) is 0 Å². The first-order valence-electron chi connectivity index (χ1n) is 5.49. The fraction of sp³-hybridized carbons (Fsp3) is 0.800. The zero-order chi connectivity index (χ0) is 12.1. The Morgan fingerprint density at radius 3 is 2.31 bits per heavy atom. The molecule has 0 atom stereocenters. The van der Waals surface area contributed by atoms with Gasteiger partial charge in [0.05, 0.1) is 0 Å². The topological polar surface area (TPSA) is 78.7 Å². The minimum absolute atomic E-state index is 0.00167. The van der Waals surface area contributed by atoms with Crippen LogP contribution in [0.1, 0.15) is 12.8 Å². The van der Waals surface area contributed by atoms with Crippen LogP contribution < -0.4 is 11.1 Å². The number of amides is 3. The zero-order valence-corrected chi connectivity index (χ0v) is 9.90. The van der Waals surface area contributed by atoms with Gasteiger partial charge < -0.3 is 20.9 Å². The van der Waals surface area contributed by atoms with Gasteiger partial charge in [-0.1, -0.05) is 0 Å². The molecule has 6 nitrogen and oxygen atoms in total. The van der Waals surface area contributed by atoms with Crippen LogP contribution in [0.4, 0.5) is 4.79 Å². The summed E-state index contributed by atoms with van der Waals surface area (Å²) in [6, 6.07) is -0.0330. The van der Waals surface area contributed by atoms with Gasteiger partial charge in [0.15, 0.2) is 0 Å². The second-order valence-corrected chi connectivity index (χ2v) is 4.25. The van der Waals surface area contributed by atoms with E-state index >= 15 is 0 Å². The molecule has 3 amide bonds. The number of carbonyl (C=O) groups excluding carboxylic acids is 2. The monoisotopic (exact) mass is 228 g/mol. The highest BCUT2D eigenvalue weighted by molar-refractivity contribution is 5.83. The summed E-state index contributed by atoms with van der Waals surface area (Å²) in [5.74, 6) is -0.464. The molecular formula is C10H20N4O2. The second kappa shape index (κ2) is 5.69. The molecule has 0 bridgehead atoms. The van der Waals surface area contributed by atoms with Crippen LogP contribution in [0.3, 0.4) is 0 Å². The van der Waals surface area contributed by atoms with E-state index in [0.717, 1.165) is 25.9 Å². The van der Waals surface area contributed by atoms with Crippen molar-refractivity contribution < 1.29 is 9.59 Å². The maximum atomic E-state index is 11.9. The molecule has 3 N–H and O–H groups in total. The lowest BCUT2D eigenvalue weighted by atomic mass is 10.1. The van der Waals surface area contributed by atoms with E-state index in [1.54, 1.807) is 19.0 Å². The summed E-state index contributed by atoms with van der Waals surface area (Å²) >= 11 is 0. The first kappa shape index (κ1) is 12.8. The van der Waals surface area contributed by atoms with Crippen LogP contribution in [0, 0.1) is 0 Å². The summed E-state index contributed by atoms with van der Waals surface area (Å²) in [5, 5.41) is 3.22. The summed E-state index contributed by atoms with van der Waals surface area (Å²) in [4.78, 5) is 25.9. The number of nitrogens with zero attached hydrogens (tertiary/aromatic N) is 2. The van der Waals surface area contributed by atoms with Gasteiger partial charge in [0.1, 0.15) is 6.54 Å². The van der Waals surface area contributed by atoms with Gasteiger partial charge in [-0.15, -0.1) is 0 Å². The van der Waals surface area contributed by atoms with E-state index < -0.39 is 5.91 Å². The van der Waals surface area contributed by atoms with Gasteiger partial charge in [-0.25, -0.2) is 4.79 Å². The van der Waals surface area contributed by atoms with Crippen LogP contribution in [0.25, 0.3) is 0 Å². The Bertz CT molecular complexity index is 262. The Hall–Kier alpha value is -1.30. The molecule has 1 aliphatic heterocycles. The molecule has 0 aromatic carbocycles. The fourth-order valence-electron chi connectivity index (χ4n) is 1.90. The first-order chi connectivity index (χ1) is 7.52. The third kappa shape index (κ3) is 3.37. The minimum Gasteiger partial charge on any atom is -0.368 e. The van der Waals surface area contributed by atoms with Crippen molar-refractivity contribution in [1.82, 2.24) is 15.1 Å². The number of piperidine rings is 1. The largest absolute Gasteiger partial charge is 0.368 e. The lowest BCUT2D eigenvalue weighted by Crippen LogP contribution is -2.52. The van der Waals surface area contributed by atoms with Crippen LogP contribution in [-0.2, 0) is 4.79 Å². The molecule has 92 valence electrons. The van der Waals surface area contributed by atoms with Gasteiger partial charge in [0.2, 0.25) is 5.91 Å². The van der Waals surface area contributed by atoms with Gasteiger partial charge in [-0.2, -0.15) is 0 Å². The van der Waals surface area contributed by atoms with Crippen LogP contribution >= 0.6 is 0 Å². The van der Waals surface area contributed by atoms with Crippen molar-refractivity contribution >= 4 is 11.9 Å². The molecule has 0 aromatic heterocycles. The van der Waals surface area contributed by atoms with Crippen molar-refractivity contribution in [3.8, 4) is 0 Å². The third-order valence-electron chi connectivity index (χ3n) is 2.70. The van der Waals surface area contributed by atoms with Gasteiger partial charge in [0.25, 0.3) is 0 Å². The van der Waals surface area contributed by atoms with E-state index in [9.17, 15) is 9.59 Å². The van der Waals surface area contributed by atoms with Gasteiger partial charge in [0, 0.05) is 20.1 Å². The van der Waals surface area contributed by atoms with Crippen molar-refractivity contribution in [3.05, 3.63) is 0 Å². The fourth-order valence-corrected chi connectivity index (χ4v) is 1.90. The maximum Gasteiger partial charge on any atom is 0.320 e. The Kier molecular flexibility index (Phi) is 4.54. The van der Waals surface area contributed by atoms with E-state index in [2.05, 4.69) is 5.32 Å². The number of nitrogens with one attached hydrogen (secondary N) is 1. The Balaban J connectivity index is 2.68. The van der Waals surface area contributed by atoms with Crippen LogP contribution in [-0.4, -0.2) is 61.5 Å². The van der Waals surface area contributed by atoms with E-state index in [-0.39, 0.29) is 18.6 Å². The molecule has 0 saturated carbocycles. The van der Waals surface area contributed by atoms with Gasteiger partial charge >= 0.3 is 6.03 Å². The Labute approximate surface area is 95.8 Å². The number of carbonyl (C=O) groups is 2. The smallest absolute Gasteiger partial charge is 0.320 e. The number of hydrogen-bond donors (Lipinski definition) is 2. The molecule has 1 heterocycles. The standard InChI is InChI=1S/C10H20N4O2/c1-13(2)10(16)14(7-9(11)15)8-3-5-12-6-4-8/h8,12H,3-7H2,1-2H3,(H2,11,15). The van der Waals surface area contributed by atoms with Crippen LogP contribution in [0.2, 0.25) is 0 Å². The number of urea groups is 1. The maximum absolute atomic E-state index is 11.9. The van der Waals surface area contributed by atoms with Gasteiger partial charge in [-0.3, -0.25) is 4.79 Å². The van der Waals surface area contributed by atoms with Crippen molar-refractivity contribution in [1.29, 1.82) is 0 Å². The molecule has 6 heteroatoms. The van der Waals surface area contributed by atoms with E-state index in [1.165, 1.54) is 4.90 Å². The Morgan fingerprint density at radius 1 is 1.31 bits per heavy atom. The SMILES string of the molecule is CN(C)C(=O)N(CC(N)=O)C1CCNCC1. The highest BCUT2D eigenvalue weighted by Gasteiger charge is 2.27. The number of rotatable bonds is 3. The van der Waals surface area contributed by atoms with Crippen molar-refractivity contribution in [2.24, 2.45) is 5.73 Å². The quantitative estimate of drug-likeness (QED) is 0.664. The molecule has 0 spiro atoms. The lowest BCUT2D eigenvalue weighted by molar-refractivity contribution is -0.119. The second-order valence-electron chi connectivity index (χ2n) is 4.25. The molecule has 16 heavy (non-hydrogen) atoms. The molecule has 0 unspecified atom stereocenters. The van der Waals surface area contributed by atoms with Crippen molar-refractivity contribution in [2.75, 3.05) is 33.7 Å². The number of hydrogen-bond acceptors (Lipinski definition) is 3. The van der Waals surface area contributed by atoms with E-state index in [0.29, 0.717) is 0 Å². The normalized spacial score (nSPS) is 16.9. The molecule has 1 saturated heterocycles. The molecule has 1 fully saturated rings. The van der Waals surface area contributed by atoms with Crippen LogP contribution in [0.15, 0.2) is 0 Å². The highest BCUT2D eigenvalue weighted by Crippen LogP contribution is 2.13. The van der Waals surface area contributed by atoms with Crippen molar-refractivity contribution in [2.45, 2.75) is 18.9 Å². The summed E-state index contributed by atoms with van der Waals surface area (Å²) < 4.78 is 0. The summed E-state index contributed by atoms with van der Waals surface area (Å²) in [7, 11) is 3.36. The Morgan fingerprint density at radius 2 is 1.88 bits per heavy atom. The number of nitrogens with two attached hydrogens (primary N) is 1. The highest BCUT2D eigenvalue weighted by atomic mass is 16.2. The summed E-state index contributed by atoms with van der Waals surface area (Å²) in [6.07, 6.45) is 1.74. The predicted molar refractivity (Wildman–Crippen MR) is 60.9 cm³/mol. The lowest BCUT2D eigenvalue weighted by Gasteiger charge is -2.35. The van der Waals surface area contributed by atoms with Crippen LogP contribution in [0.5, 0.6) is 0 Å². The molecule has 0 aromatic rings. The average Bonchev–Trinajstić information content (AvgIpc) is 2.26. The number of primary amides is 1. The summed E-state index contributed by atoms with van der Waals surface area (Å²) in [5.41, 5.74) is 5.17. The minimum atomic E-state index is -0.464. The average molecular weight is 228 g/mol. The predicted octanol–water partition coefficient (Wildman–Crippen LogP) is -0.793.